The van der Waals surface area contributed by atoms with Gasteiger partial charge in [0, 0.05) is 23.5 Å². The summed E-state index contributed by atoms with van der Waals surface area (Å²) >= 11 is 3.57. The second kappa shape index (κ2) is 7.41. The molecule has 1 atom stereocenters. The van der Waals surface area contributed by atoms with Gasteiger partial charge in [0.05, 0.1) is 24.7 Å². The number of aromatic nitrogens is 1. The molecular weight excluding hydrogens is 396 g/mol. The lowest BCUT2D eigenvalue weighted by atomic mass is 10.1. The van der Waals surface area contributed by atoms with Crippen molar-refractivity contribution in [2.45, 2.75) is 13.0 Å². The molecule has 136 valence electrons. The number of fused-ring (bicyclic) bond motifs is 1. The Hall–Kier alpha value is -2.47. The van der Waals surface area contributed by atoms with Crippen molar-refractivity contribution in [3.8, 4) is 11.5 Å². The average molecular weight is 417 g/mol. The van der Waals surface area contributed by atoms with Crippen LogP contribution in [0.3, 0.4) is 0 Å². The smallest absolute Gasteiger partial charge is 0.269 e. The number of methoxy groups -OCH3 is 2. The molecule has 0 radical (unpaired) electrons. The topological polar surface area (TPSA) is 52.5 Å². The molecule has 0 fully saturated rings. The molecule has 0 saturated carbocycles. The molecule has 3 aromatic rings. The van der Waals surface area contributed by atoms with E-state index in [2.05, 4.69) is 21.2 Å². The number of hydrogen-bond donors (Lipinski definition) is 1. The van der Waals surface area contributed by atoms with Gasteiger partial charge >= 0.3 is 0 Å². The monoisotopic (exact) mass is 416 g/mol. The van der Waals surface area contributed by atoms with Crippen LogP contribution < -0.4 is 14.8 Å². The summed E-state index contributed by atoms with van der Waals surface area (Å²) in [6, 6.07) is 13.2. The summed E-state index contributed by atoms with van der Waals surface area (Å²) < 4.78 is 13.4. The van der Waals surface area contributed by atoms with E-state index in [4.69, 9.17) is 9.47 Å². The molecule has 1 amide bonds. The summed E-state index contributed by atoms with van der Waals surface area (Å²) in [5.74, 6) is 1.26. The highest BCUT2D eigenvalue weighted by Gasteiger charge is 2.22. The van der Waals surface area contributed by atoms with E-state index in [0.29, 0.717) is 17.2 Å². The fourth-order valence-electron chi connectivity index (χ4n) is 3.12. The summed E-state index contributed by atoms with van der Waals surface area (Å²) in [6.07, 6.45) is 0. The minimum Gasteiger partial charge on any atom is -0.497 e. The van der Waals surface area contributed by atoms with Gasteiger partial charge in [0.15, 0.2) is 0 Å². The van der Waals surface area contributed by atoms with Crippen LogP contribution in [0.1, 0.15) is 29.0 Å². The third kappa shape index (κ3) is 3.17. The summed E-state index contributed by atoms with van der Waals surface area (Å²) in [6.45, 7) is 1.92. The van der Waals surface area contributed by atoms with Gasteiger partial charge in [-0.05, 0) is 47.1 Å². The summed E-state index contributed by atoms with van der Waals surface area (Å²) in [5.41, 5.74) is 2.44. The van der Waals surface area contributed by atoms with Crippen LogP contribution in [0.15, 0.2) is 46.9 Å². The lowest BCUT2D eigenvalue weighted by Gasteiger charge is -2.18. The van der Waals surface area contributed by atoms with Crippen LogP contribution in [-0.2, 0) is 7.05 Å². The maximum Gasteiger partial charge on any atom is 0.269 e. The summed E-state index contributed by atoms with van der Waals surface area (Å²) in [4.78, 5) is 13.0. The Morgan fingerprint density at radius 1 is 1.15 bits per heavy atom. The lowest BCUT2D eigenvalue weighted by molar-refractivity contribution is 0.0931. The van der Waals surface area contributed by atoms with Gasteiger partial charge in [0.1, 0.15) is 17.2 Å². The molecule has 0 aliphatic rings. The van der Waals surface area contributed by atoms with E-state index in [9.17, 15) is 4.79 Å². The maximum absolute atomic E-state index is 13.0. The van der Waals surface area contributed by atoms with Crippen molar-refractivity contribution < 1.29 is 14.3 Å². The van der Waals surface area contributed by atoms with E-state index in [-0.39, 0.29) is 11.9 Å². The molecule has 0 bridgehead atoms. The largest absolute Gasteiger partial charge is 0.497 e. The molecule has 0 spiro atoms. The normalized spacial score (nSPS) is 12.0. The molecule has 2 aromatic carbocycles. The Morgan fingerprint density at radius 2 is 1.88 bits per heavy atom. The number of rotatable bonds is 5. The number of carbonyl (C=O) groups excluding carboxylic acids is 1. The van der Waals surface area contributed by atoms with Crippen molar-refractivity contribution in [3.05, 3.63) is 58.2 Å². The molecule has 0 aliphatic carbocycles. The maximum atomic E-state index is 13.0. The van der Waals surface area contributed by atoms with Crippen LogP contribution in [-0.4, -0.2) is 24.7 Å². The van der Waals surface area contributed by atoms with Gasteiger partial charge in [-0.15, -0.1) is 0 Å². The van der Waals surface area contributed by atoms with Crippen molar-refractivity contribution in [1.29, 1.82) is 0 Å². The minimum absolute atomic E-state index is 0.159. The van der Waals surface area contributed by atoms with E-state index in [1.807, 2.05) is 61.0 Å². The molecule has 1 aromatic heterocycles. The molecule has 6 heteroatoms. The highest BCUT2D eigenvalue weighted by atomic mass is 79.9. The molecule has 26 heavy (non-hydrogen) atoms. The van der Waals surface area contributed by atoms with E-state index < -0.39 is 0 Å². The SMILES string of the molecule is COc1ccc(OC)c(C(C)NC(=O)c2c(Br)c3ccccc3n2C)c1. The number of nitrogens with zero attached hydrogens (tertiary/aromatic N) is 1. The van der Waals surface area contributed by atoms with Crippen LogP contribution in [0.2, 0.25) is 0 Å². The highest BCUT2D eigenvalue weighted by molar-refractivity contribution is 9.10. The first-order valence-corrected chi connectivity index (χ1v) is 9.03. The van der Waals surface area contributed by atoms with E-state index in [1.165, 1.54) is 0 Å². The number of halogens is 1. The Labute approximate surface area is 161 Å². The zero-order valence-electron chi connectivity index (χ0n) is 15.2. The second-order valence-corrected chi connectivity index (χ2v) is 6.83. The van der Waals surface area contributed by atoms with Crippen LogP contribution in [0.4, 0.5) is 0 Å². The number of para-hydroxylation sites is 1. The second-order valence-electron chi connectivity index (χ2n) is 6.04. The standard InChI is InChI=1S/C20H21BrN2O3/c1-12(15-11-13(25-3)9-10-17(15)26-4)22-20(24)19-18(21)14-7-5-6-8-16(14)23(19)2/h5-12H,1-4H3,(H,22,24). The fourth-order valence-corrected chi connectivity index (χ4v) is 3.90. The number of nitrogens with one attached hydrogen (secondary N) is 1. The molecule has 3 rings (SSSR count). The van der Waals surface area contributed by atoms with Gasteiger partial charge in [-0.2, -0.15) is 0 Å². The quantitative estimate of drug-likeness (QED) is 0.668. The summed E-state index contributed by atoms with van der Waals surface area (Å²) in [5, 5.41) is 4.06. The number of benzene rings is 2. The molecule has 0 saturated heterocycles. The Balaban J connectivity index is 1.94. The van der Waals surface area contributed by atoms with E-state index in [1.54, 1.807) is 14.2 Å². The number of aryl methyl sites for hydroxylation is 1. The van der Waals surface area contributed by atoms with Gasteiger partial charge in [-0.3, -0.25) is 4.79 Å². The first-order chi connectivity index (χ1) is 12.5. The lowest BCUT2D eigenvalue weighted by Crippen LogP contribution is -2.28. The van der Waals surface area contributed by atoms with Crippen molar-refractivity contribution in [1.82, 2.24) is 9.88 Å². The number of hydrogen-bond acceptors (Lipinski definition) is 3. The molecule has 1 unspecified atom stereocenters. The Bertz CT molecular complexity index is 926. The molecule has 5 nitrogen and oxygen atoms in total. The van der Waals surface area contributed by atoms with Gasteiger partial charge in [-0.1, -0.05) is 18.2 Å². The molecular formula is C20H21BrN2O3. The first-order valence-electron chi connectivity index (χ1n) is 8.23. The zero-order valence-corrected chi connectivity index (χ0v) is 16.8. The molecule has 0 aliphatic heterocycles. The molecule has 1 heterocycles. The number of carbonyl (C=O) groups is 1. The van der Waals surface area contributed by atoms with Crippen LogP contribution >= 0.6 is 15.9 Å². The van der Waals surface area contributed by atoms with Crippen molar-refractivity contribution in [2.75, 3.05) is 14.2 Å². The van der Waals surface area contributed by atoms with Crippen molar-refractivity contribution in [3.63, 3.8) is 0 Å². The van der Waals surface area contributed by atoms with Crippen molar-refractivity contribution in [2.24, 2.45) is 7.05 Å². The Morgan fingerprint density at radius 3 is 2.54 bits per heavy atom. The Kier molecular flexibility index (Phi) is 5.23. The average Bonchev–Trinajstić information content (AvgIpc) is 2.92. The number of amides is 1. The first kappa shape index (κ1) is 18.3. The van der Waals surface area contributed by atoms with Gasteiger partial charge < -0.3 is 19.4 Å². The van der Waals surface area contributed by atoms with Crippen molar-refractivity contribution >= 4 is 32.7 Å². The molecule has 1 N–H and O–H groups in total. The summed E-state index contributed by atoms with van der Waals surface area (Å²) in [7, 11) is 5.11. The number of ether oxygens (including phenoxy) is 2. The van der Waals surface area contributed by atoms with Gasteiger partial charge in [-0.25, -0.2) is 0 Å². The predicted octanol–water partition coefficient (Wildman–Crippen LogP) is 4.45. The fraction of sp³-hybridized carbons (Fsp3) is 0.250. The van der Waals surface area contributed by atoms with Gasteiger partial charge in [0.25, 0.3) is 5.91 Å². The van der Waals surface area contributed by atoms with E-state index >= 15 is 0 Å². The third-order valence-corrected chi connectivity index (χ3v) is 5.31. The van der Waals surface area contributed by atoms with Gasteiger partial charge in [0.2, 0.25) is 0 Å². The third-order valence-electron chi connectivity index (χ3n) is 4.51. The van der Waals surface area contributed by atoms with Crippen LogP contribution in [0.5, 0.6) is 11.5 Å². The zero-order chi connectivity index (χ0) is 18.8. The predicted molar refractivity (Wildman–Crippen MR) is 106 cm³/mol. The van der Waals surface area contributed by atoms with Crippen LogP contribution in [0, 0.1) is 0 Å². The van der Waals surface area contributed by atoms with E-state index in [0.717, 1.165) is 20.9 Å². The highest BCUT2D eigenvalue weighted by Crippen LogP contribution is 2.32. The minimum atomic E-state index is -0.252. The van der Waals surface area contributed by atoms with Crippen LogP contribution in [0.25, 0.3) is 10.9 Å².